The van der Waals surface area contributed by atoms with Crippen LogP contribution in [0.1, 0.15) is 23.9 Å². The smallest absolute Gasteiger partial charge is 0.161 e. The van der Waals surface area contributed by atoms with Crippen LogP contribution in [0.25, 0.3) is 0 Å². The summed E-state index contributed by atoms with van der Waals surface area (Å²) in [5, 5.41) is 0. The lowest BCUT2D eigenvalue weighted by atomic mass is 10.1. The molecule has 0 saturated heterocycles. The van der Waals surface area contributed by atoms with Crippen molar-refractivity contribution in [1.29, 1.82) is 0 Å². The van der Waals surface area contributed by atoms with Gasteiger partial charge in [0.15, 0.2) is 11.5 Å². The zero-order chi connectivity index (χ0) is 15.2. The van der Waals surface area contributed by atoms with E-state index in [0.717, 1.165) is 29.1 Å². The Morgan fingerprint density at radius 2 is 1.71 bits per heavy atom. The lowest BCUT2D eigenvalue weighted by Crippen LogP contribution is -2.18. The van der Waals surface area contributed by atoms with Crippen molar-refractivity contribution < 1.29 is 9.47 Å². The Labute approximate surface area is 125 Å². The molecule has 5 nitrogen and oxygen atoms in total. The molecule has 2 aromatic rings. The van der Waals surface area contributed by atoms with Gasteiger partial charge in [-0.3, -0.25) is 0 Å². The Morgan fingerprint density at radius 3 is 2.29 bits per heavy atom. The molecule has 0 fully saturated rings. The lowest BCUT2D eigenvalue weighted by Gasteiger charge is -2.09. The summed E-state index contributed by atoms with van der Waals surface area (Å²) in [6, 6.07) is 5.93. The number of methoxy groups -OCH3 is 2. The number of ether oxygens (including phenoxy) is 2. The molecule has 0 aliphatic heterocycles. The Balaban J connectivity index is 2.11. The molecule has 5 heteroatoms. The highest BCUT2D eigenvalue weighted by molar-refractivity contribution is 5.43. The third-order valence-electron chi connectivity index (χ3n) is 3.13. The molecule has 0 saturated carbocycles. The van der Waals surface area contributed by atoms with Gasteiger partial charge in [0.1, 0.15) is 5.82 Å². The van der Waals surface area contributed by atoms with Crippen molar-refractivity contribution in [2.24, 2.45) is 5.73 Å². The van der Waals surface area contributed by atoms with E-state index in [4.69, 9.17) is 15.2 Å². The quantitative estimate of drug-likeness (QED) is 0.879. The van der Waals surface area contributed by atoms with Crippen molar-refractivity contribution in [2.75, 3.05) is 14.2 Å². The summed E-state index contributed by atoms with van der Waals surface area (Å²) in [6.45, 7) is 1.97. The number of benzene rings is 1. The SMILES string of the molecule is COc1ccc(Cc2ncc(CC(C)N)cn2)cc1OC. The fraction of sp³-hybridized carbons (Fsp3) is 0.375. The standard InChI is InChI=1S/C16H21N3O2/c1-11(17)6-13-9-18-16(19-10-13)8-12-4-5-14(20-2)15(7-12)21-3/h4-5,7,9-11H,6,8,17H2,1-3H3. The van der Waals surface area contributed by atoms with E-state index in [9.17, 15) is 0 Å². The molecule has 1 unspecified atom stereocenters. The van der Waals surface area contributed by atoms with Gasteiger partial charge in [0, 0.05) is 24.9 Å². The summed E-state index contributed by atoms with van der Waals surface area (Å²) in [5.74, 6) is 2.20. The van der Waals surface area contributed by atoms with Crippen molar-refractivity contribution >= 4 is 0 Å². The van der Waals surface area contributed by atoms with Gasteiger partial charge in [0.25, 0.3) is 0 Å². The number of hydrogen-bond donors (Lipinski definition) is 1. The van der Waals surface area contributed by atoms with Gasteiger partial charge in [-0.15, -0.1) is 0 Å². The third-order valence-corrected chi connectivity index (χ3v) is 3.13. The van der Waals surface area contributed by atoms with Crippen LogP contribution in [0.4, 0.5) is 0 Å². The number of hydrogen-bond acceptors (Lipinski definition) is 5. The monoisotopic (exact) mass is 287 g/mol. The van der Waals surface area contributed by atoms with Crippen molar-refractivity contribution in [3.05, 3.63) is 47.5 Å². The number of aromatic nitrogens is 2. The van der Waals surface area contributed by atoms with Crippen molar-refractivity contribution in [1.82, 2.24) is 9.97 Å². The highest BCUT2D eigenvalue weighted by atomic mass is 16.5. The van der Waals surface area contributed by atoms with Crippen molar-refractivity contribution in [3.63, 3.8) is 0 Å². The van der Waals surface area contributed by atoms with Crippen LogP contribution in [0.5, 0.6) is 11.5 Å². The minimum atomic E-state index is 0.116. The minimum absolute atomic E-state index is 0.116. The van der Waals surface area contributed by atoms with Crippen LogP contribution in [-0.2, 0) is 12.8 Å². The van der Waals surface area contributed by atoms with Crippen LogP contribution in [0.3, 0.4) is 0 Å². The average Bonchev–Trinajstić information content (AvgIpc) is 2.48. The molecule has 1 heterocycles. The maximum atomic E-state index is 5.76. The average molecular weight is 287 g/mol. The van der Waals surface area contributed by atoms with E-state index < -0.39 is 0 Å². The Bertz CT molecular complexity index is 583. The molecule has 21 heavy (non-hydrogen) atoms. The number of rotatable bonds is 6. The van der Waals surface area contributed by atoms with E-state index in [1.165, 1.54) is 0 Å². The largest absolute Gasteiger partial charge is 0.493 e. The molecule has 1 atom stereocenters. The fourth-order valence-electron chi connectivity index (χ4n) is 2.12. The second kappa shape index (κ2) is 7.04. The van der Waals surface area contributed by atoms with E-state index in [2.05, 4.69) is 9.97 Å². The molecule has 0 aliphatic rings. The van der Waals surface area contributed by atoms with Crippen molar-refractivity contribution in [3.8, 4) is 11.5 Å². The van der Waals surface area contributed by atoms with Crippen molar-refractivity contribution in [2.45, 2.75) is 25.8 Å². The molecule has 0 aliphatic carbocycles. The van der Waals surface area contributed by atoms with E-state index >= 15 is 0 Å². The molecule has 2 N–H and O–H groups in total. The van der Waals surface area contributed by atoms with E-state index in [0.29, 0.717) is 12.2 Å². The summed E-state index contributed by atoms with van der Waals surface area (Å²) in [6.07, 6.45) is 5.12. The first kappa shape index (κ1) is 15.3. The van der Waals surface area contributed by atoms with E-state index in [1.54, 1.807) is 14.2 Å². The zero-order valence-electron chi connectivity index (χ0n) is 12.7. The predicted octanol–water partition coefficient (Wildman–Crippen LogP) is 1.97. The van der Waals surface area contributed by atoms with Gasteiger partial charge in [-0.1, -0.05) is 6.07 Å². The second-order valence-electron chi connectivity index (χ2n) is 5.06. The summed E-state index contributed by atoms with van der Waals surface area (Å²) < 4.78 is 10.5. The first-order valence-corrected chi connectivity index (χ1v) is 6.88. The fourth-order valence-corrected chi connectivity index (χ4v) is 2.12. The lowest BCUT2D eigenvalue weighted by molar-refractivity contribution is 0.354. The Hall–Kier alpha value is -2.14. The summed E-state index contributed by atoms with van der Waals surface area (Å²) >= 11 is 0. The molecule has 1 aromatic heterocycles. The van der Waals surface area contributed by atoms with Gasteiger partial charge in [-0.2, -0.15) is 0 Å². The van der Waals surface area contributed by atoms with Crippen LogP contribution in [0.2, 0.25) is 0 Å². The maximum Gasteiger partial charge on any atom is 0.161 e. The van der Waals surface area contributed by atoms with Gasteiger partial charge in [0.05, 0.1) is 14.2 Å². The van der Waals surface area contributed by atoms with Gasteiger partial charge in [-0.25, -0.2) is 9.97 Å². The maximum absolute atomic E-state index is 5.76. The molecule has 2 rings (SSSR count). The van der Waals surface area contributed by atoms with Crippen LogP contribution in [-0.4, -0.2) is 30.2 Å². The molecule has 0 spiro atoms. The van der Waals surface area contributed by atoms with Gasteiger partial charge in [0.2, 0.25) is 0 Å². The van der Waals surface area contributed by atoms with E-state index in [1.807, 2.05) is 37.5 Å². The predicted molar refractivity (Wildman–Crippen MR) is 81.7 cm³/mol. The van der Waals surface area contributed by atoms with Gasteiger partial charge in [-0.05, 0) is 36.6 Å². The molecule has 112 valence electrons. The van der Waals surface area contributed by atoms with Crippen LogP contribution in [0, 0.1) is 0 Å². The van der Waals surface area contributed by atoms with Crippen LogP contribution < -0.4 is 15.2 Å². The van der Waals surface area contributed by atoms with E-state index in [-0.39, 0.29) is 6.04 Å². The first-order chi connectivity index (χ1) is 10.1. The Morgan fingerprint density at radius 1 is 1.05 bits per heavy atom. The summed E-state index contributed by atoms with van der Waals surface area (Å²) in [5.41, 5.74) is 7.90. The molecule has 1 aromatic carbocycles. The first-order valence-electron chi connectivity index (χ1n) is 6.88. The zero-order valence-corrected chi connectivity index (χ0v) is 12.7. The van der Waals surface area contributed by atoms with Crippen LogP contribution >= 0.6 is 0 Å². The Kier molecular flexibility index (Phi) is 5.11. The molecule has 0 bridgehead atoms. The molecule has 0 radical (unpaired) electrons. The summed E-state index contributed by atoms with van der Waals surface area (Å²) in [4.78, 5) is 8.77. The second-order valence-corrected chi connectivity index (χ2v) is 5.06. The third kappa shape index (κ3) is 4.16. The summed E-state index contributed by atoms with van der Waals surface area (Å²) in [7, 11) is 3.25. The molecular weight excluding hydrogens is 266 g/mol. The topological polar surface area (TPSA) is 70.3 Å². The van der Waals surface area contributed by atoms with Gasteiger partial charge < -0.3 is 15.2 Å². The minimum Gasteiger partial charge on any atom is -0.493 e. The normalized spacial score (nSPS) is 12.0. The number of nitrogens with two attached hydrogens (primary N) is 1. The number of nitrogens with zero attached hydrogens (tertiary/aromatic N) is 2. The molecular formula is C16H21N3O2. The molecule has 0 amide bonds. The van der Waals surface area contributed by atoms with Crippen LogP contribution in [0.15, 0.2) is 30.6 Å². The highest BCUT2D eigenvalue weighted by Crippen LogP contribution is 2.28. The van der Waals surface area contributed by atoms with Gasteiger partial charge >= 0.3 is 0 Å². The highest BCUT2D eigenvalue weighted by Gasteiger charge is 2.07.